The fourth-order valence-corrected chi connectivity index (χ4v) is 3.05. The van der Waals surface area contributed by atoms with Crippen LogP contribution in [0.5, 0.6) is 0 Å². The molecule has 23 heavy (non-hydrogen) atoms. The standard InChI is InChI=1S/C19H14O3S/c1-22-19(21)17-12-16(14-7-3-2-4-8-15(14)17)18(20)10-9-13-6-5-11-23-13/h2-12H,1H3/b10-9+. The van der Waals surface area contributed by atoms with Crippen LogP contribution >= 0.6 is 11.3 Å². The molecule has 1 heterocycles. The van der Waals surface area contributed by atoms with Crippen LogP contribution in [-0.2, 0) is 4.74 Å². The molecular formula is C19H14O3S. The van der Waals surface area contributed by atoms with Crippen molar-refractivity contribution >= 4 is 29.2 Å². The highest BCUT2D eigenvalue weighted by atomic mass is 32.1. The van der Waals surface area contributed by atoms with Gasteiger partial charge in [-0.15, -0.1) is 11.3 Å². The van der Waals surface area contributed by atoms with Crippen LogP contribution in [0.4, 0.5) is 0 Å². The largest absolute Gasteiger partial charge is 0.465 e. The van der Waals surface area contributed by atoms with Crippen molar-refractivity contribution in [2.45, 2.75) is 0 Å². The van der Waals surface area contributed by atoms with Crippen LogP contribution in [0.2, 0.25) is 0 Å². The number of hydrogen-bond acceptors (Lipinski definition) is 4. The van der Waals surface area contributed by atoms with Crippen LogP contribution in [0.15, 0.2) is 60.0 Å². The van der Waals surface area contributed by atoms with Crippen molar-refractivity contribution in [3.8, 4) is 11.1 Å². The monoisotopic (exact) mass is 322 g/mol. The Kier molecular flexibility index (Phi) is 4.35. The van der Waals surface area contributed by atoms with Gasteiger partial charge in [-0.3, -0.25) is 4.79 Å². The van der Waals surface area contributed by atoms with Gasteiger partial charge < -0.3 is 4.74 Å². The van der Waals surface area contributed by atoms with Crippen LogP contribution < -0.4 is 0 Å². The van der Waals surface area contributed by atoms with Crippen LogP contribution in [-0.4, -0.2) is 18.9 Å². The van der Waals surface area contributed by atoms with Crippen LogP contribution in [0.1, 0.15) is 25.6 Å². The maximum Gasteiger partial charge on any atom is 0.338 e. The number of allylic oxidation sites excluding steroid dienone is 1. The quantitative estimate of drug-likeness (QED) is 0.402. The molecule has 0 atom stereocenters. The van der Waals surface area contributed by atoms with Crippen molar-refractivity contribution in [2.75, 3.05) is 7.11 Å². The molecule has 0 radical (unpaired) electrons. The van der Waals surface area contributed by atoms with Crippen molar-refractivity contribution in [2.24, 2.45) is 0 Å². The van der Waals surface area contributed by atoms with E-state index in [-0.39, 0.29) is 5.78 Å². The minimum absolute atomic E-state index is 0.134. The number of ketones is 1. The lowest BCUT2D eigenvalue weighted by atomic mass is 10.1. The molecule has 0 aromatic carbocycles. The fraction of sp³-hybridized carbons (Fsp3) is 0.0526. The summed E-state index contributed by atoms with van der Waals surface area (Å²) in [5.41, 5.74) is 2.38. The third kappa shape index (κ3) is 3.07. The summed E-state index contributed by atoms with van der Waals surface area (Å²) in [6, 6.07) is 14.7. The summed E-state index contributed by atoms with van der Waals surface area (Å²) in [6.45, 7) is 0. The summed E-state index contributed by atoms with van der Waals surface area (Å²) in [7, 11) is 1.34. The Bertz CT molecular complexity index is 847. The van der Waals surface area contributed by atoms with Gasteiger partial charge in [-0.05, 0) is 40.8 Å². The Morgan fingerprint density at radius 1 is 1.00 bits per heavy atom. The van der Waals surface area contributed by atoms with Gasteiger partial charge in [-0.1, -0.05) is 36.4 Å². The summed E-state index contributed by atoms with van der Waals surface area (Å²) in [6.07, 6.45) is 3.32. The molecule has 2 aliphatic rings. The van der Waals surface area contributed by atoms with Crippen molar-refractivity contribution in [1.29, 1.82) is 0 Å². The van der Waals surface area contributed by atoms with Gasteiger partial charge in [0.1, 0.15) is 0 Å². The zero-order valence-corrected chi connectivity index (χ0v) is 13.3. The van der Waals surface area contributed by atoms with Gasteiger partial charge in [-0.25, -0.2) is 4.79 Å². The highest BCUT2D eigenvalue weighted by Crippen LogP contribution is 2.33. The van der Waals surface area contributed by atoms with Crippen molar-refractivity contribution in [3.63, 3.8) is 0 Å². The van der Waals surface area contributed by atoms with Gasteiger partial charge in [0.2, 0.25) is 0 Å². The summed E-state index contributed by atoms with van der Waals surface area (Å²) < 4.78 is 4.82. The van der Waals surface area contributed by atoms with Crippen LogP contribution in [0.25, 0.3) is 17.2 Å². The highest BCUT2D eigenvalue weighted by Gasteiger charge is 2.22. The van der Waals surface area contributed by atoms with E-state index in [1.165, 1.54) is 13.2 Å². The van der Waals surface area contributed by atoms with E-state index in [0.717, 1.165) is 16.0 Å². The Morgan fingerprint density at radius 2 is 1.74 bits per heavy atom. The SMILES string of the molecule is COC(=O)c1cc(C(=O)/C=C/c2cccs2)c2cccccc1-2. The number of ether oxygens (including phenoxy) is 1. The Hall–Kier alpha value is -2.72. The molecule has 114 valence electrons. The molecule has 1 aromatic heterocycles. The molecule has 1 aromatic rings. The van der Waals surface area contributed by atoms with Gasteiger partial charge in [0.15, 0.2) is 5.78 Å². The minimum atomic E-state index is -0.442. The second kappa shape index (κ2) is 6.58. The number of carbonyl (C=O) groups is 2. The average Bonchev–Trinajstić information content (AvgIpc) is 3.14. The first-order valence-electron chi connectivity index (χ1n) is 7.06. The second-order valence-electron chi connectivity index (χ2n) is 4.91. The molecule has 0 saturated carbocycles. The molecule has 0 bridgehead atoms. The van der Waals surface area contributed by atoms with Crippen molar-refractivity contribution in [1.82, 2.24) is 0 Å². The first kappa shape index (κ1) is 15.2. The summed E-state index contributed by atoms with van der Waals surface area (Å²) in [5, 5.41) is 1.96. The first-order valence-corrected chi connectivity index (χ1v) is 7.94. The van der Waals surface area contributed by atoms with Crippen molar-refractivity contribution < 1.29 is 14.3 Å². The summed E-state index contributed by atoms with van der Waals surface area (Å²) in [4.78, 5) is 25.5. The average molecular weight is 322 g/mol. The molecule has 0 saturated heterocycles. The van der Waals surface area contributed by atoms with Crippen LogP contribution in [0, 0.1) is 0 Å². The van der Waals surface area contributed by atoms with E-state index in [1.807, 2.05) is 47.8 Å². The molecule has 0 fully saturated rings. The van der Waals surface area contributed by atoms with Crippen LogP contribution in [0.3, 0.4) is 0 Å². The molecule has 3 nitrogen and oxygen atoms in total. The van der Waals surface area contributed by atoms with Gasteiger partial charge in [0.05, 0.1) is 12.7 Å². The fourth-order valence-electron chi connectivity index (χ4n) is 2.43. The van der Waals surface area contributed by atoms with E-state index >= 15 is 0 Å². The number of thiophene rings is 1. The number of esters is 1. The molecule has 0 aliphatic heterocycles. The van der Waals surface area contributed by atoms with E-state index in [9.17, 15) is 9.59 Å². The number of methoxy groups -OCH3 is 1. The minimum Gasteiger partial charge on any atom is -0.465 e. The van der Waals surface area contributed by atoms with Gasteiger partial charge >= 0.3 is 5.97 Å². The van der Waals surface area contributed by atoms with E-state index in [0.29, 0.717) is 11.1 Å². The first-order chi connectivity index (χ1) is 11.2. The molecule has 0 spiro atoms. The summed E-state index contributed by atoms with van der Waals surface area (Å²) >= 11 is 1.56. The molecule has 4 heteroatoms. The normalized spacial score (nSPS) is 11.0. The Morgan fingerprint density at radius 3 is 2.39 bits per heavy atom. The van der Waals surface area contributed by atoms with E-state index in [2.05, 4.69) is 0 Å². The maximum atomic E-state index is 12.5. The number of fused-ring (bicyclic) bond motifs is 1. The number of rotatable bonds is 4. The third-order valence-electron chi connectivity index (χ3n) is 3.52. The smallest absolute Gasteiger partial charge is 0.338 e. The summed E-state index contributed by atoms with van der Waals surface area (Å²) in [5.74, 6) is -0.577. The van der Waals surface area contributed by atoms with E-state index < -0.39 is 5.97 Å². The lowest BCUT2D eigenvalue weighted by Gasteiger charge is -1.99. The molecular weight excluding hydrogens is 308 g/mol. The van der Waals surface area contributed by atoms with Gasteiger partial charge in [-0.2, -0.15) is 0 Å². The second-order valence-corrected chi connectivity index (χ2v) is 5.89. The molecule has 2 aliphatic carbocycles. The third-order valence-corrected chi connectivity index (χ3v) is 4.36. The predicted molar refractivity (Wildman–Crippen MR) is 92.1 cm³/mol. The lowest BCUT2D eigenvalue weighted by Crippen LogP contribution is -2.00. The van der Waals surface area contributed by atoms with E-state index in [1.54, 1.807) is 23.5 Å². The van der Waals surface area contributed by atoms with E-state index in [4.69, 9.17) is 4.74 Å². The molecule has 0 amide bonds. The molecule has 3 rings (SSSR count). The Labute approximate surface area is 138 Å². The number of carbonyl (C=O) groups excluding carboxylic acids is 2. The predicted octanol–water partition coefficient (Wildman–Crippen LogP) is 4.54. The Balaban J connectivity index is 2.04. The molecule has 0 unspecified atom stereocenters. The van der Waals surface area contributed by atoms with Gasteiger partial charge in [0, 0.05) is 10.4 Å². The zero-order valence-electron chi connectivity index (χ0n) is 12.5. The topological polar surface area (TPSA) is 43.4 Å². The highest BCUT2D eigenvalue weighted by molar-refractivity contribution is 7.10. The van der Waals surface area contributed by atoms with Gasteiger partial charge in [0.25, 0.3) is 0 Å². The number of hydrogen-bond donors (Lipinski definition) is 0. The maximum absolute atomic E-state index is 12.5. The molecule has 0 N–H and O–H groups in total. The lowest BCUT2D eigenvalue weighted by molar-refractivity contribution is 0.0602. The van der Waals surface area contributed by atoms with Crippen molar-refractivity contribution in [3.05, 3.63) is 76.0 Å². The zero-order chi connectivity index (χ0) is 16.2.